The zero-order valence-electron chi connectivity index (χ0n) is 14.4. The number of rotatable bonds is 4. The van der Waals surface area contributed by atoms with Gasteiger partial charge < -0.3 is 4.74 Å². The summed E-state index contributed by atoms with van der Waals surface area (Å²) >= 11 is 0. The van der Waals surface area contributed by atoms with Gasteiger partial charge in [0.15, 0.2) is 5.65 Å². The second-order valence-electron chi connectivity index (χ2n) is 6.35. The van der Waals surface area contributed by atoms with Crippen LogP contribution in [-0.2, 0) is 10.0 Å². The Hall–Kier alpha value is -2.45. The van der Waals surface area contributed by atoms with E-state index in [9.17, 15) is 8.42 Å². The van der Waals surface area contributed by atoms with E-state index >= 15 is 0 Å². The summed E-state index contributed by atoms with van der Waals surface area (Å²) < 4.78 is 33.0. The molecule has 1 saturated heterocycles. The summed E-state index contributed by atoms with van der Waals surface area (Å²) in [4.78, 5) is 4.12. The molecule has 4 rings (SSSR count). The molecule has 3 aromatic rings. The molecule has 0 aliphatic carbocycles. The molecule has 26 heavy (non-hydrogen) atoms. The average Bonchev–Trinajstić information content (AvgIpc) is 3.13. The van der Waals surface area contributed by atoms with Crippen molar-refractivity contribution >= 4 is 21.1 Å². The molecule has 1 aliphatic heterocycles. The molecule has 0 spiro atoms. The molecule has 0 unspecified atom stereocenters. The van der Waals surface area contributed by atoms with Crippen molar-refractivity contribution in [3.63, 3.8) is 0 Å². The number of sulfonamides is 1. The predicted octanol–water partition coefficient (Wildman–Crippen LogP) is 2.53. The summed E-state index contributed by atoms with van der Waals surface area (Å²) in [5.41, 5.74) is 1.62. The maximum absolute atomic E-state index is 13.0. The highest BCUT2D eigenvalue weighted by Gasteiger charge is 2.33. The first-order valence-electron chi connectivity index (χ1n) is 8.53. The summed E-state index contributed by atoms with van der Waals surface area (Å²) in [6.07, 6.45) is 3.11. The van der Waals surface area contributed by atoms with Gasteiger partial charge in [0.1, 0.15) is 5.75 Å². The van der Waals surface area contributed by atoms with Crippen molar-refractivity contribution in [3.8, 4) is 5.75 Å². The average molecular weight is 372 g/mol. The number of piperidine rings is 1. The Bertz CT molecular complexity index is 1020. The Morgan fingerprint density at radius 3 is 2.69 bits per heavy atom. The molecule has 2 aromatic heterocycles. The van der Waals surface area contributed by atoms with E-state index < -0.39 is 10.0 Å². The van der Waals surface area contributed by atoms with Gasteiger partial charge in [-0.1, -0.05) is 18.2 Å². The molecule has 3 heterocycles. The zero-order chi connectivity index (χ0) is 18.1. The number of aromatic amines is 1. The lowest BCUT2D eigenvalue weighted by Crippen LogP contribution is -2.38. The quantitative estimate of drug-likeness (QED) is 0.760. The molecule has 8 heteroatoms. The molecule has 1 aliphatic rings. The number of aromatic nitrogens is 3. The number of hydrogen-bond acceptors (Lipinski definition) is 5. The van der Waals surface area contributed by atoms with Crippen LogP contribution in [0.1, 0.15) is 24.3 Å². The topological polar surface area (TPSA) is 88.2 Å². The van der Waals surface area contributed by atoms with Gasteiger partial charge in [0, 0.05) is 19.3 Å². The van der Waals surface area contributed by atoms with Gasteiger partial charge in [-0.2, -0.15) is 9.40 Å². The predicted molar refractivity (Wildman–Crippen MR) is 97.6 cm³/mol. The maximum Gasteiger partial charge on any atom is 0.263 e. The van der Waals surface area contributed by atoms with E-state index in [0.29, 0.717) is 24.1 Å². The third kappa shape index (κ3) is 2.85. The van der Waals surface area contributed by atoms with Gasteiger partial charge in [-0.25, -0.2) is 13.4 Å². The van der Waals surface area contributed by atoms with Crippen LogP contribution in [0, 0.1) is 0 Å². The van der Waals surface area contributed by atoms with Crippen molar-refractivity contribution in [1.29, 1.82) is 0 Å². The lowest BCUT2D eigenvalue weighted by atomic mass is 9.89. The highest BCUT2D eigenvalue weighted by Crippen LogP contribution is 2.35. The first kappa shape index (κ1) is 17.0. The number of H-pyrrole nitrogens is 1. The summed E-state index contributed by atoms with van der Waals surface area (Å²) in [6.45, 7) is 0.916. The van der Waals surface area contributed by atoms with Gasteiger partial charge in [-0.15, -0.1) is 0 Å². The second kappa shape index (κ2) is 6.69. The third-order valence-corrected chi connectivity index (χ3v) is 6.76. The van der Waals surface area contributed by atoms with Crippen LogP contribution in [0.25, 0.3) is 11.0 Å². The van der Waals surface area contributed by atoms with Gasteiger partial charge in [0.2, 0.25) is 5.03 Å². The molecule has 7 nitrogen and oxygen atoms in total. The highest BCUT2D eigenvalue weighted by molar-refractivity contribution is 7.89. The van der Waals surface area contributed by atoms with E-state index in [1.54, 1.807) is 25.4 Å². The Kier molecular flexibility index (Phi) is 4.37. The number of nitrogens with zero attached hydrogens (tertiary/aromatic N) is 3. The van der Waals surface area contributed by atoms with Crippen molar-refractivity contribution in [2.45, 2.75) is 23.8 Å². The van der Waals surface area contributed by atoms with E-state index in [1.165, 1.54) is 4.31 Å². The Balaban J connectivity index is 1.56. The fourth-order valence-electron chi connectivity index (χ4n) is 3.56. The van der Waals surface area contributed by atoms with Crippen molar-refractivity contribution in [1.82, 2.24) is 19.5 Å². The van der Waals surface area contributed by atoms with Crippen molar-refractivity contribution in [2.75, 3.05) is 20.2 Å². The lowest BCUT2D eigenvalue weighted by Gasteiger charge is -2.31. The number of fused-ring (bicyclic) bond motifs is 1. The van der Waals surface area contributed by atoms with Gasteiger partial charge in [0.25, 0.3) is 10.0 Å². The number of para-hydroxylation sites is 1. The number of pyridine rings is 1. The SMILES string of the molecule is COc1ccccc1C1CCN(S(=O)(=O)c2n[nH]c3ncccc23)CC1. The van der Waals surface area contributed by atoms with Gasteiger partial charge >= 0.3 is 0 Å². The number of benzene rings is 1. The van der Waals surface area contributed by atoms with Crippen LogP contribution in [0.3, 0.4) is 0 Å². The summed E-state index contributed by atoms with van der Waals surface area (Å²) in [5.74, 6) is 1.15. The first-order valence-corrected chi connectivity index (χ1v) is 9.97. The molecular weight excluding hydrogens is 352 g/mol. The molecule has 0 amide bonds. The minimum atomic E-state index is -3.65. The number of nitrogens with one attached hydrogen (secondary N) is 1. The lowest BCUT2D eigenvalue weighted by molar-refractivity contribution is 0.312. The number of ether oxygens (including phenoxy) is 1. The second-order valence-corrected chi connectivity index (χ2v) is 8.20. The third-order valence-electron chi connectivity index (χ3n) is 4.92. The van der Waals surface area contributed by atoms with Crippen molar-refractivity contribution in [3.05, 3.63) is 48.2 Å². The van der Waals surface area contributed by atoms with Crippen LogP contribution in [-0.4, -0.2) is 48.1 Å². The van der Waals surface area contributed by atoms with E-state index in [0.717, 1.165) is 24.2 Å². The minimum Gasteiger partial charge on any atom is -0.496 e. The standard InChI is InChI=1S/C18H20N4O3S/c1-25-16-7-3-2-5-14(16)13-8-11-22(12-9-13)26(23,24)18-15-6-4-10-19-17(15)20-21-18/h2-7,10,13H,8-9,11-12H2,1H3,(H,19,20,21). The largest absolute Gasteiger partial charge is 0.496 e. The summed E-state index contributed by atoms with van der Waals surface area (Å²) in [5, 5.41) is 7.29. The van der Waals surface area contributed by atoms with Gasteiger partial charge in [-0.3, -0.25) is 5.10 Å². The summed E-state index contributed by atoms with van der Waals surface area (Å²) in [6, 6.07) is 11.4. The van der Waals surface area contributed by atoms with Crippen LogP contribution in [0.4, 0.5) is 0 Å². The smallest absolute Gasteiger partial charge is 0.263 e. The molecule has 0 saturated carbocycles. The Morgan fingerprint density at radius 2 is 1.92 bits per heavy atom. The molecule has 0 atom stereocenters. The normalized spacial score (nSPS) is 16.8. The molecule has 136 valence electrons. The Labute approximate surface area is 152 Å². The maximum atomic E-state index is 13.0. The highest BCUT2D eigenvalue weighted by atomic mass is 32.2. The van der Waals surface area contributed by atoms with Crippen LogP contribution in [0.5, 0.6) is 5.75 Å². The molecule has 1 aromatic carbocycles. The Morgan fingerprint density at radius 1 is 1.15 bits per heavy atom. The van der Waals surface area contributed by atoms with E-state index in [-0.39, 0.29) is 10.9 Å². The first-order chi connectivity index (χ1) is 12.6. The summed E-state index contributed by atoms with van der Waals surface area (Å²) in [7, 11) is -1.99. The fourth-order valence-corrected chi connectivity index (χ4v) is 5.10. The van der Waals surface area contributed by atoms with Gasteiger partial charge in [0.05, 0.1) is 12.5 Å². The van der Waals surface area contributed by atoms with Crippen LogP contribution in [0.2, 0.25) is 0 Å². The van der Waals surface area contributed by atoms with Crippen molar-refractivity contribution in [2.24, 2.45) is 0 Å². The molecule has 0 bridgehead atoms. The van der Waals surface area contributed by atoms with Crippen LogP contribution >= 0.6 is 0 Å². The molecular formula is C18H20N4O3S. The molecule has 1 N–H and O–H groups in total. The minimum absolute atomic E-state index is 0.0522. The van der Waals surface area contributed by atoms with Crippen LogP contribution in [0.15, 0.2) is 47.6 Å². The molecule has 0 radical (unpaired) electrons. The van der Waals surface area contributed by atoms with Crippen LogP contribution < -0.4 is 4.74 Å². The fraction of sp³-hybridized carbons (Fsp3) is 0.333. The van der Waals surface area contributed by atoms with E-state index in [4.69, 9.17) is 4.74 Å². The van der Waals surface area contributed by atoms with Crippen molar-refractivity contribution < 1.29 is 13.2 Å². The monoisotopic (exact) mass is 372 g/mol. The zero-order valence-corrected chi connectivity index (χ0v) is 15.2. The van der Waals surface area contributed by atoms with E-state index in [1.807, 2.05) is 18.2 Å². The van der Waals surface area contributed by atoms with Gasteiger partial charge in [-0.05, 0) is 42.5 Å². The molecule has 1 fully saturated rings. The number of methoxy groups -OCH3 is 1. The number of hydrogen-bond donors (Lipinski definition) is 1. The van der Waals surface area contributed by atoms with E-state index in [2.05, 4.69) is 21.2 Å².